The minimum absolute atomic E-state index is 0. The van der Waals surface area contributed by atoms with Crippen molar-refractivity contribution < 1.29 is 19.0 Å². The van der Waals surface area contributed by atoms with Crippen LogP contribution in [-0.4, -0.2) is 20.2 Å². The van der Waals surface area contributed by atoms with Crippen LogP contribution in [0.25, 0.3) is 0 Å². The molecule has 0 aliphatic rings. The zero-order valence-electron chi connectivity index (χ0n) is 15.5. The number of carbonyl (C=O) groups excluding carboxylic acids is 1. The third-order valence-electron chi connectivity index (χ3n) is 4.27. The highest BCUT2D eigenvalue weighted by atomic mass is 35.5. The largest absolute Gasteiger partial charge is 0.493 e. The average molecular weight is 380 g/mol. The molecule has 6 heteroatoms. The van der Waals surface area contributed by atoms with Crippen LogP contribution in [0.3, 0.4) is 0 Å². The SMILES string of the molecule is COC(=O)C(C)(C)[C@@H](N)c1ccc(OC)c(OCc2ccccc2)c1.Cl. The molecule has 0 aromatic heterocycles. The third kappa shape index (κ3) is 4.90. The predicted octanol–water partition coefficient (Wildman–Crippen LogP) is 3.90. The van der Waals surface area contributed by atoms with E-state index in [9.17, 15) is 4.79 Å². The molecule has 0 fully saturated rings. The Hall–Kier alpha value is -2.24. The van der Waals surface area contributed by atoms with Gasteiger partial charge in [-0.25, -0.2) is 0 Å². The number of nitrogens with two attached hydrogens (primary N) is 1. The van der Waals surface area contributed by atoms with E-state index in [0.717, 1.165) is 11.1 Å². The molecule has 0 unspecified atom stereocenters. The van der Waals surface area contributed by atoms with Gasteiger partial charge in [-0.2, -0.15) is 0 Å². The molecule has 26 heavy (non-hydrogen) atoms. The number of halogens is 1. The monoisotopic (exact) mass is 379 g/mol. The summed E-state index contributed by atoms with van der Waals surface area (Å²) >= 11 is 0. The van der Waals surface area contributed by atoms with Crippen LogP contribution in [0.1, 0.15) is 31.0 Å². The van der Waals surface area contributed by atoms with Crippen molar-refractivity contribution >= 4 is 18.4 Å². The summed E-state index contributed by atoms with van der Waals surface area (Å²) in [6.45, 7) is 3.94. The number of esters is 1. The van der Waals surface area contributed by atoms with Gasteiger partial charge in [-0.3, -0.25) is 4.79 Å². The number of hydrogen-bond acceptors (Lipinski definition) is 5. The van der Waals surface area contributed by atoms with E-state index in [2.05, 4.69) is 0 Å². The molecule has 0 aliphatic carbocycles. The Balaban J connectivity index is 0.00000338. The topological polar surface area (TPSA) is 70.8 Å². The third-order valence-corrected chi connectivity index (χ3v) is 4.27. The fraction of sp³-hybridized carbons (Fsp3) is 0.350. The summed E-state index contributed by atoms with van der Waals surface area (Å²) in [4.78, 5) is 12.0. The minimum Gasteiger partial charge on any atom is -0.493 e. The Bertz CT molecular complexity index is 719. The van der Waals surface area contributed by atoms with Crippen LogP contribution >= 0.6 is 12.4 Å². The van der Waals surface area contributed by atoms with Gasteiger partial charge in [0.05, 0.1) is 19.6 Å². The highest BCUT2D eigenvalue weighted by Gasteiger charge is 2.37. The van der Waals surface area contributed by atoms with Gasteiger partial charge in [0, 0.05) is 6.04 Å². The maximum absolute atomic E-state index is 12.0. The lowest BCUT2D eigenvalue weighted by Crippen LogP contribution is -2.37. The summed E-state index contributed by atoms with van der Waals surface area (Å²) in [5.74, 6) is 0.838. The lowest BCUT2D eigenvalue weighted by atomic mass is 9.81. The molecule has 0 spiro atoms. The summed E-state index contributed by atoms with van der Waals surface area (Å²) in [7, 11) is 2.95. The van der Waals surface area contributed by atoms with Gasteiger partial charge in [0.25, 0.3) is 0 Å². The van der Waals surface area contributed by atoms with Gasteiger partial charge < -0.3 is 19.9 Å². The second-order valence-electron chi connectivity index (χ2n) is 6.38. The number of carbonyl (C=O) groups is 1. The van der Waals surface area contributed by atoms with E-state index < -0.39 is 11.5 Å². The molecule has 0 heterocycles. The van der Waals surface area contributed by atoms with Crippen LogP contribution in [0.15, 0.2) is 48.5 Å². The fourth-order valence-electron chi connectivity index (χ4n) is 2.54. The molecule has 5 nitrogen and oxygen atoms in total. The van der Waals surface area contributed by atoms with Crippen molar-refractivity contribution in [1.82, 2.24) is 0 Å². The highest BCUT2D eigenvalue weighted by molar-refractivity contribution is 5.85. The summed E-state index contributed by atoms with van der Waals surface area (Å²) in [6, 6.07) is 14.8. The summed E-state index contributed by atoms with van der Waals surface area (Å²) in [5, 5.41) is 0. The molecule has 2 rings (SSSR count). The molecule has 2 N–H and O–H groups in total. The molecular weight excluding hydrogens is 354 g/mol. The van der Waals surface area contributed by atoms with E-state index in [1.807, 2.05) is 42.5 Å². The minimum atomic E-state index is -0.861. The first-order chi connectivity index (χ1) is 11.9. The quantitative estimate of drug-likeness (QED) is 0.739. The number of rotatable bonds is 7. The first-order valence-corrected chi connectivity index (χ1v) is 8.08. The molecule has 1 atom stereocenters. The van der Waals surface area contributed by atoms with E-state index >= 15 is 0 Å². The van der Waals surface area contributed by atoms with Crippen molar-refractivity contribution in [3.63, 3.8) is 0 Å². The first-order valence-electron chi connectivity index (χ1n) is 8.08. The first kappa shape index (κ1) is 21.8. The normalized spacial score (nSPS) is 11.9. The van der Waals surface area contributed by atoms with Crippen molar-refractivity contribution in [1.29, 1.82) is 0 Å². The van der Waals surface area contributed by atoms with Crippen molar-refractivity contribution in [2.45, 2.75) is 26.5 Å². The second kappa shape index (κ2) is 9.46. The molecule has 0 amide bonds. The Kier molecular flexibility index (Phi) is 7.93. The molecular formula is C20H26ClNO4. The van der Waals surface area contributed by atoms with E-state index in [-0.39, 0.29) is 18.4 Å². The van der Waals surface area contributed by atoms with Crippen molar-refractivity contribution in [2.24, 2.45) is 11.1 Å². The zero-order chi connectivity index (χ0) is 18.4. The molecule has 0 bridgehead atoms. The van der Waals surface area contributed by atoms with Gasteiger partial charge in [-0.1, -0.05) is 36.4 Å². The number of hydrogen-bond donors (Lipinski definition) is 1. The van der Waals surface area contributed by atoms with Crippen LogP contribution < -0.4 is 15.2 Å². The standard InChI is InChI=1S/C20H25NO4.ClH/c1-20(2,19(22)24-4)18(21)15-10-11-16(23-3)17(12-15)25-13-14-8-6-5-7-9-14;/h5-12,18H,13,21H2,1-4H3;1H/t18-;/m0./s1. The Morgan fingerprint density at radius 1 is 1.08 bits per heavy atom. The second-order valence-corrected chi connectivity index (χ2v) is 6.38. The van der Waals surface area contributed by atoms with Gasteiger partial charge >= 0.3 is 5.97 Å². The van der Waals surface area contributed by atoms with Gasteiger partial charge in [-0.15, -0.1) is 12.4 Å². The van der Waals surface area contributed by atoms with E-state index in [1.54, 1.807) is 27.0 Å². The van der Waals surface area contributed by atoms with Gasteiger partial charge in [-0.05, 0) is 37.1 Å². The van der Waals surface area contributed by atoms with Crippen molar-refractivity contribution in [3.8, 4) is 11.5 Å². The number of benzene rings is 2. The van der Waals surface area contributed by atoms with Crippen LogP contribution in [-0.2, 0) is 16.1 Å². The highest BCUT2D eigenvalue weighted by Crippen LogP contribution is 2.37. The molecule has 2 aromatic carbocycles. The van der Waals surface area contributed by atoms with E-state index in [4.69, 9.17) is 19.9 Å². The van der Waals surface area contributed by atoms with E-state index in [1.165, 1.54) is 7.11 Å². The summed E-state index contributed by atoms with van der Waals surface area (Å²) in [5.41, 5.74) is 7.29. The lowest BCUT2D eigenvalue weighted by molar-refractivity contribution is -0.152. The summed E-state index contributed by atoms with van der Waals surface area (Å²) < 4.78 is 16.1. The molecule has 142 valence electrons. The number of methoxy groups -OCH3 is 2. The Morgan fingerprint density at radius 3 is 2.31 bits per heavy atom. The zero-order valence-corrected chi connectivity index (χ0v) is 16.3. The average Bonchev–Trinajstić information content (AvgIpc) is 2.65. The van der Waals surface area contributed by atoms with Crippen LogP contribution in [0, 0.1) is 5.41 Å². The van der Waals surface area contributed by atoms with Gasteiger partial charge in [0.1, 0.15) is 6.61 Å². The van der Waals surface area contributed by atoms with Gasteiger partial charge in [0.15, 0.2) is 11.5 Å². The van der Waals surface area contributed by atoms with Gasteiger partial charge in [0.2, 0.25) is 0 Å². The van der Waals surface area contributed by atoms with Crippen LogP contribution in [0.5, 0.6) is 11.5 Å². The molecule has 0 radical (unpaired) electrons. The summed E-state index contributed by atoms with van der Waals surface area (Å²) in [6.07, 6.45) is 0. The Labute approximate surface area is 160 Å². The molecule has 0 aliphatic heterocycles. The number of ether oxygens (including phenoxy) is 3. The Morgan fingerprint density at radius 2 is 1.73 bits per heavy atom. The lowest BCUT2D eigenvalue weighted by Gasteiger charge is -2.29. The molecule has 0 saturated heterocycles. The maximum atomic E-state index is 12.0. The molecule has 2 aromatic rings. The van der Waals surface area contributed by atoms with Crippen LogP contribution in [0.2, 0.25) is 0 Å². The van der Waals surface area contributed by atoms with Crippen molar-refractivity contribution in [2.75, 3.05) is 14.2 Å². The van der Waals surface area contributed by atoms with E-state index in [0.29, 0.717) is 18.1 Å². The molecule has 0 saturated carbocycles. The fourth-order valence-corrected chi connectivity index (χ4v) is 2.54. The van der Waals surface area contributed by atoms with Crippen LogP contribution in [0.4, 0.5) is 0 Å². The smallest absolute Gasteiger partial charge is 0.313 e. The maximum Gasteiger partial charge on any atom is 0.313 e. The van der Waals surface area contributed by atoms with Crippen molar-refractivity contribution in [3.05, 3.63) is 59.7 Å². The predicted molar refractivity (Wildman–Crippen MR) is 104 cm³/mol.